The molecule has 3 heterocycles. The van der Waals surface area contributed by atoms with E-state index in [4.69, 9.17) is 11.6 Å². The lowest BCUT2D eigenvalue weighted by Crippen LogP contribution is -2.53. The van der Waals surface area contributed by atoms with E-state index in [0.717, 1.165) is 23.5 Å². The van der Waals surface area contributed by atoms with Gasteiger partial charge in [-0.3, -0.25) is 9.59 Å². The molecule has 2 aromatic heterocycles. The average Bonchev–Trinajstić information content (AvgIpc) is 3.42. The minimum absolute atomic E-state index is 0.00764. The zero-order valence-electron chi connectivity index (χ0n) is 19.4. The molecule has 1 aliphatic rings. The van der Waals surface area contributed by atoms with Crippen LogP contribution in [0.15, 0.2) is 53.9 Å². The number of amides is 2. The van der Waals surface area contributed by atoms with Crippen molar-refractivity contribution in [2.45, 2.75) is 26.3 Å². The Kier molecular flexibility index (Phi) is 7.80. The number of carbonyl (C=O) groups is 2. The zero-order chi connectivity index (χ0) is 24.1. The number of carbonyl (C=O) groups excluding carboxylic acids is 2. The summed E-state index contributed by atoms with van der Waals surface area (Å²) in [6.07, 6.45) is 0.793. The highest BCUT2D eigenvalue weighted by molar-refractivity contribution is 7.12. The maximum Gasteiger partial charge on any atom is 0.264 e. The molecule has 7 nitrogen and oxygen atoms in total. The molecule has 1 fully saturated rings. The second-order valence-electron chi connectivity index (χ2n) is 8.29. The van der Waals surface area contributed by atoms with Gasteiger partial charge in [0.2, 0.25) is 5.91 Å². The summed E-state index contributed by atoms with van der Waals surface area (Å²) in [5.74, 6) is 0.673. The van der Waals surface area contributed by atoms with Gasteiger partial charge in [0.25, 0.3) is 5.91 Å². The van der Waals surface area contributed by atoms with Crippen LogP contribution in [-0.4, -0.2) is 70.6 Å². The second-order valence-corrected chi connectivity index (χ2v) is 9.65. The van der Waals surface area contributed by atoms with Gasteiger partial charge in [0.15, 0.2) is 5.82 Å². The van der Waals surface area contributed by atoms with Gasteiger partial charge in [-0.2, -0.15) is 0 Å². The molecule has 0 radical (unpaired) electrons. The lowest BCUT2D eigenvalue weighted by atomic mass is 10.1. The van der Waals surface area contributed by atoms with Gasteiger partial charge in [0.05, 0.1) is 15.6 Å². The predicted octanol–water partition coefficient (Wildman–Crippen LogP) is 4.45. The molecule has 4 rings (SSSR count). The Hall–Kier alpha value is -2.97. The molecule has 1 aliphatic heterocycles. The first kappa shape index (κ1) is 24.2. The van der Waals surface area contributed by atoms with Gasteiger partial charge in [-0.05, 0) is 43.0 Å². The first-order valence-electron chi connectivity index (χ1n) is 11.4. The van der Waals surface area contributed by atoms with E-state index in [1.165, 1.54) is 11.3 Å². The Bertz CT molecular complexity index is 1110. The molecule has 2 amide bonds. The highest BCUT2D eigenvalue weighted by Crippen LogP contribution is 2.26. The molecule has 34 heavy (non-hydrogen) atoms. The number of rotatable bonds is 7. The number of thiophene rings is 1. The first-order chi connectivity index (χ1) is 16.5. The molecular weight excluding hydrogens is 470 g/mol. The maximum absolute atomic E-state index is 13.1. The van der Waals surface area contributed by atoms with Crippen LogP contribution >= 0.6 is 22.9 Å². The van der Waals surface area contributed by atoms with Crippen LogP contribution in [0.25, 0.3) is 11.3 Å². The van der Waals surface area contributed by atoms with E-state index >= 15 is 0 Å². The number of aromatic nitrogens is 2. The number of halogens is 1. The highest BCUT2D eigenvalue weighted by Gasteiger charge is 2.28. The highest BCUT2D eigenvalue weighted by atomic mass is 35.5. The summed E-state index contributed by atoms with van der Waals surface area (Å²) < 4.78 is 0. The quantitative estimate of drug-likeness (QED) is 0.482. The van der Waals surface area contributed by atoms with Crippen molar-refractivity contribution in [2.75, 3.05) is 37.6 Å². The average molecular weight is 498 g/mol. The minimum atomic E-state index is -0.0785. The third-order valence-corrected chi connectivity index (χ3v) is 7.37. The molecule has 1 aromatic carbocycles. The van der Waals surface area contributed by atoms with E-state index in [1.807, 2.05) is 72.7 Å². The van der Waals surface area contributed by atoms with Gasteiger partial charge in [-0.25, -0.2) is 0 Å². The smallest absolute Gasteiger partial charge is 0.264 e. The summed E-state index contributed by atoms with van der Waals surface area (Å²) in [6.45, 7) is 6.59. The fourth-order valence-corrected chi connectivity index (χ4v) is 4.84. The van der Waals surface area contributed by atoms with Crippen molar-refractivity contribution in [3.8, 4) is 11.3 Å². The van der Waals surface area contributed by atoms with E-state index < -0.39 is 0 Å². The molecule has 1 unspecified atom stereocenters. The number of nitrogens with zero attached hydrogens (tertiary/aromatic N) is 5. The summed E-state index contributed by atoms with van der Waals surface area (Å²) in [4.78, 5) is 32.3. The van der Waals surface area contributed by atoms with E-state index in [-0.39, 0.29) is 24.4 Å². The molecule has 178 valence electrons. The SMILES string of the molecule is CCC(C)N(CC(=O)N1CCN(c2ccc(-c3ccccc3Cl)nn2)CC1)C(=O)c1cccs1. The van der Waals surface area contributed by atoms with E-state index in [1.54, 1.807) is 4.90 Å². The first-order valence-corrected chi connectivity index (χ1v) is 12.7. The largest absolute Gasteiger partial charge is 0.352 e. The normalized spacial score (nSPS) is 14.7. The number of anilines is 1. The summed E-state index contributed by atoms with van der Waals surface area (Å²) in [5, 5.41) is 11.3. The van der Waals surface area contributed by atoms with Crippen molar-refractivity contribution in [2.24, 2.45) is 0 Å². The topological polar surface area (TPSA) is 69.6 Å². The van der Waals surface area contributed by atoms with Crippen LogP contribution in [0.2, 0.25) is 5.02 Å². The Morgan fingerprint density at radius 2 is 1.82 bits per heavy atom. The molecule has 0 spiro atoms. The van der Waals surface area contributed by atoms with Crippen LogP contribution in [-0.2, 0) is 4.79 Å². The third kappa shape index (κ3) is 5.39. The molecular formula is C25H28ClN5O2S. The summed E-state index contributed by atoms with van der Waals surface area (Å²) in [7, 11) is 0. The lowest BCUT2D eigenvalue weighted by molar-refractivity contribution is -0.132. The van der Waals surface area contributed by atoms with Crippen LogP contribution < -0.4 is 4.90 Å². The molecule has 0 bridgehead atoms. The Morgan fingerprint density at radius 1 is 1.06 bits per heavy atom. The van der Waals surface area contributed by atoms with Crippen molar-refractivity contribution in [1.29, 1.82) is 0 Å². The standard InChI is InChI=1S/C25H28ClN5O2S/c1-3-18(2)31(25(33)22-9-6-16-34-22)17-24(32)30-14-12-29(13-15-30)23-11-10-21(27-28-23)19-7-4-5-8-20(19)26/h4-11,16,18H,3,12-15,17H2,1-2H3. The van der Waals surface area contributed by atoms with Gasteiger partial charge in [-0.15, -0.1) is 21.5 Å². The van der Waals surface area contributed by atoms with Crippen molar-refractivity contribution < 1.29 is 9.59 Å². The van der Waals surface area contributed by atoms with Gasteiger partial charge in [0, 0.05) is 37.8 Å². The Labute approximate surface area is 209 Å². The second kappa shape index (κ2) is 11.0. The molecule has 1 atom stereocenters. The van der Waals surface area contributed by atoms with Crippen LogP contribution in [0.5, 0.6) is 0 Å². The van der Waals surface area contributed by atoms with Crippen LogP contribution in [0.3, 0.4) is 0 Å². The fourth-order valence-electron chi connectivity index (χ4n) is 3.93. The monoisotopic (exact) mass is 497 g/mol. The summed E-state index contributed by atoms with van der Waals surface area (Å²) in [6, 6.07) is 15.1. The van der Waals surface area contributed by atoms with Crippen LogP contribution in [0, 0.1) is 0 Å². The Morgan fingerprint density at radius 3 is 2.44 bits per heavy atom. The number of hydrogen-bond donors (Lipinski definition) is 0. The minimum Gasteiger partial charge on any atom is -0.352 e. The Balaban J connectivity index is 1.36. The van der Waals surface area contributed by atoms with Crippen molar-refractivity contribution in [3.05, 3.63) is 63.8 Å². The molecule has 3 aromatic rings. The molecule has 9 heteroatoms. The summed E-state index contributed by atoms with van der Waals surface area (Å²) in [5.41, 5.74) is 1.57. The van der Waals surface area contributed by atoms with Crippen molar-refractivity contribution >= 4 is 40.6 Å². The molecule has 0 N–H and O–H groups in total. The lowest BCUT2D eigenvalue weighted by Gasteiger charge is -2.37. The zero-order valence-corrected chi connectivity index (χ0v) is 20.9. The number of benzene rings is 1. The van der Waals surface area contributed by atoms with Crippen molar-refractivity contribution in [1.82, 2.24) is 20.0 Å². The predicted molar refractivity (Wildman–Crippen MR) is 136 cm³/mol. The van der Waals surface area contributed by atoms with Gasteiger partial charge < -0.3 is 14.7 Å². The van der Waals surface area contributed by atoms with E-state index in [2.05, 4.69) is 15.1 Å². The van der Waals surface area contributed by atoms with Crippen molar-refractivity contribution in [3.63, 3.8) is 0 Å². The van der Waals surface area contributed by atoms with E-state index in [9.17, 15) is 9.59 Å². The molecule has 0 aliphatic carbocycles. The fraction of sp³-hybridized carbons (Fsp3) is 0.360. The summed E-state index contributed by atoms with van der Waals surface area (Å²) >= 11 is 7.67. The molecule has 0 saturated carbocycles. The van der Waals surface area contributed by atoms with Crippen LogP contribution in [0.4, 0.5) is 5.82 Å². The number of hydrogen-bond acceptors (Lipinski definition) is 6. The number of piperazine rings is 1. The van der Waals surface area contributed by atoms with Gasteiger partial charge in [-0.1, -0.05) is 42.8 Å². The van der Waals surface area contributed by atoms with Crippen LogP contribution in [0.1, 0.15) is 29.9 Å². The third-order valence-electron chi connectivity index (χ3n) is 6.18. The van der Waals surface area contributed by atoms with Gasteiger partial charge in [0.1, 0.15) is 6.54 Å². The van der Waals surface area contributed by atoms with E-state index in [0.29, 0.717) is 36.1 Å². The maximum atomic E-state index is 13.1. The molecule has 1 saturated heterocycles. The van der Waals surface area contributed by atoms with Gasteiger partial charge >= 0.3 is 0 Å².